The fraction of sp³-hybridized carbons (Fsp3) is 0.462. The molecule has 100 valence electrons. The lowest BCUT2D eigenvalue weighted by Crippen LogP contribution is -2.32. The predicted octanol–water partition coefficient (Wildman–Crippen LogP) is 1.82. The number of carbonyl (C=O) groups is 1. The molecule has 0 aromatic heterocycles. The van der Waals surface area contributed by atoms with Crippen LogP contribution in [0.3, 0.4) is 0 Å². The molecule has 1 aromatic rings. The number of rotatable bonds is 7. The maximum Gasteiger partial charge on any atom is 0.238 e. The number of hydrogen-bond acceptors (Lipinski definition) is 3. The van der Waals surface area contributed by atoms with E-state index >= 15 is 0 Å². The summed E-state index contributed by atoms with van der Waals surface area (Å²) < 4.78 is 0. The molecule has 18 heavy (non-hydrogen) atoms. The Morgan fingerprint density at radius 1 is 1.39 bits per heavy atom. The number of hydrogen-bond donors (Lipinski definition) is 2. The Bertz CT molecular complexity index is 384. The van der Waals surface area contributed by atoms with Crippen molar-refractivity contribution >= 4 is 23.2 Å². The fourth-order valence-electron chi connectivity index (χ4n) is 1.60. The lowest BCUT2D eigenvalue weighted by Gasteiger charge is -2.16. The van der Waals surface area contributed by atoms with Crippen LogP contribution in [0.1, 0.15) is 6.42 Å². The monoisotopic (exact) mass is 269 g/mol. The zero-order chi connectivity index (χ0) is 13.4. The summed E-state index contributed by atoms with van der Waals surface area (Å²) in [6.45, 7) is 2.21. The van der Waals surface area contributed by atoms with Gasteiger partial charge in [-0.05, 0) is 45.7 Å². The van der Waals surface area contributed by atoms with E-state index in [9.17, 15) is 4.79 Å². The van der Waals surface area contributed by atoms with Crippen LogP contribution in [0.4, 0.5) is 5.69 Å². The number of halogens is 1. The number of amides is 1. The van der Waals surface area contributed by atoms with Crippen molar-refractivity contribution in [3.8, 4) is 0 Å². The lowest BCUT2D eigenvalue weighted by molar-refractivity contribution is -0.117. The highest BCUT2D eigenvalue weighted by Crippen LogP contribution is 2.20. The van der Waals surface area contributed by atoms with E-state index in [0.29, 0.717) is 17.3 Å². The van der Waals surface area contributed by atoms with Crippen molar-refractivity contribution in [2.75, 3.05) is 39.0 Å². The normalized spacial score (nSPS) is 10.7. The smallest absolute Gasteiger partial charge is 0.238 e. The van der Waals surface area contributed by atoms with Crippen LogP contribution in [0.5, 0.6) is 0 Å². The van der Waals surface area contributed by atoms with Gasteiger partial charge in [0.05, 0.1) is 17.3 Å². The summed E-state index contributed by atoms with van der Waals surface area (Å²) in [6.07, 6.45) is 1.02. The number of nitrogens with one attached hydrogen (secondary N) is 2. The van der Waals surface area contributed by atoms with Gasteiger partial charge in [-0.15, -0.1) is 0 Å². The molecule has 0 saturated carbocycles. The first-order valence-electron chi connectivity index (χ1n) is 6.01. The Morgan fingerprint density at radius 2 is 2.11 bits per heavy atom. The van der Waals surface area contributed by atoms with E-state index in [1.165, 1.54) is 0 Å². The van der Waals surface area contributed by atoms with Gasteiger partial charge in [-0.25, -0.2) is 0 Å². The third-order valence-electron chi connectivity index (χ3n) is 2.53. The molecule has 0 fully saturated rings. The molecule has 0 saturated heterocycles. The van der Waals surface area contributed by atoms with Crippen molar-refractivity contribution < 1.29 is 4.79 Å². The molecule has 1 rings (SSSR count). The lowest BCUT2D eigenvalue weighted by atomic mass is 10.3. The first-order chi connectivity index (χ1) is 8.63. The average Bonchev–Trinajstić information content (AvgIpc) is 2.32. The standard InChI is InChI=1S/C13H20ClN3O/c1-15-8-5-9-17(2)10-13(18)16-12-7-4-3-6-11(12)14/h3-4,6-7,15H,5,8-10H2,1-2H3,(H,16,18). The average molecular weight is 270 g/mol. The van der Waals surface area contributed by atoms with Gasteiger partial charge in [0, 0.05) is 0 Å². The molecular formula is C13H20ClN3O. The van der Waals surface area contributed by atoms with Crippen LogP contribution in [0.15, 0.2) is 24.3 Å². The largest absolute Gasteiger partial charge is 0.324 e. The maximum atomic E-state index is 11.8. The summed E-state index contributed by atoms with van der Waals surface area (Å²) in [5, 5.41) is 6.44. The van der Waals surface area contributed by atoms with Gasteiger partial charge in [0.2, 0.25) is 5.91 Å². The molecule has 4 nitrogen and oxygen atoms in total. The molecule has 0 heterocycles. The van der Waals surface area contributed by atoms with Crippen LogP contribution in [0.25, 0.3) is 0 Å². The predicted molar refractivity (Wildman–Crippen MR) is 76.1 cm³/mol. The minimum Gasteiger partial charge on any atom is -0.324 e. The second-order valence-corrected chi connectivity index (χ2v) is 4.63. The summed E-state index contributed by atoms with van der Waals surface area (Å²) in [4.78, 5) is 13.8. The number of nitrogens with zero attached hydrogens (tertiary/aromatic N) is 1. The molecule has 1 aromatic carbocycles. The SMILES string of the molecule is CNCCCN(C)CC(=O)Nc1ccccc1Cl. The number of para-hydroxylation sites is 1. The van der Waals surface area contributed by atoms with E-state index in [0.717, 1.165) is 19.5 Å². The van der Waals surface area contributed by atoms with E-state index in [2.05, 4.69) is 10.6 Å². The molecule has 5 heteroatoms. The molecule has 0 bridgehead atoms. The van der Waals surface area contributed by atoms with Crippen LogP contribution < -0.4 is 10.6 Å². The van der Waals surface area contributed by atoms with E-state index < -0.39 is 0 Å². The van der Waals surface area contributed by atoms with E-state index in [1.807, 2.05) is 31.1 Å². The molecule has 0 unspecified atom stereocenters. The third kappa shape index (κ3) is 5.49. The van der Waals surface area contributed by atoms with E-state index in [-0.39, 0.29) is 5.91 Å². The van der Waals surface area contributed by atoms with Gasteiger partial charge >= 0.3 is 0 Å². The fourth-order valence-corrected chi connectivity index (χ4v) is 1.79. The zero-order valence-electron chi connectivity index (χ0n) is 10.9. The number of likely N-dealkylation sites (N-methyl/N-ethyl adjacent to an activating group) is 1. The van der Waals surface area contributed by atoms with Gasteiger partial charge in [0.25, 0.3) is 0 Å². The number of carbonyl (C=O) groups excluding carboxylic acids is 1. The van der Waals surface area contributed by atoms with Gasteiger partial charge in [-0.2, -0.15) is 0 Å². The van der Waals surface area contributed by atoms with Crippen molar-refractivity contribution in [1.29, 1.82) is 0 Å². The first kappa shape index (κ1) is 15.0. The summed E-state index contributed by atoms with van der Waals surface area (Å²) in [5.74, 6) is -0.0462. The summed E-state index contributed by atoms with van der Waals surface area (Å²) >= 11 is 5.97. The summed E-state index contributed by atoms with van der Waals surface area (Å²) in [5.41, 5.74) is 0.660. The van der Waals surface area contributed by atoms with Gasteiger partial charge < -0.3 is 10.6 Å². The van der Waals surface area contributed by atoms with Crippen molar-refractivity contribution in [1.82, 2.24) is 10.2 Å². The van der Waals surface area contributed by atoms with Gasteiger partial charge in [-0.1, -0.05) is 23.7 Å². The molecule has 0 radical (unpaired) electrons. The van der Waals surface area contributed by atoms with Crippen molar-refractivity contribution in [2.24, 2.45) is 0 Å². The van der Waals surface area contributed by atoms with Crippen LogP contribution in [0.2, 0.25) is 5.02 Å². The Balaban J connectivity index is 2.35. The molecular weight excluding hydrogens is 250 g/mol. The van der Waals surface area contributed by atoms with Crippen LogP contribution >= 0.6 is 11.6 Å². The Hall–Kier alpha value is -1.10. The maximum absolute atomic E-state index is 11.8. The Morgan fingerprint density at radius 3 is 2.78 bits per heavy atom. The first-order valence-corrected chi connectivity index (χ1v) is 6.39. The van der Waals surface area contributed by atoms with Gasteiger partial charge in [0.15, 0.2) is 0 Å². The highest BCUT2D eigenvalue weighted by atomic mass is 35.5. The molecule has 0 aliphatic rings. The van der Waals surface area contributed by atoms with Crippen LogP contribution in [-0.2, 0) is 4.79 Å². The van der Waals surface area contributed by atoms with Gasteiger partial charge in [-0.3, -0.25) is 9.69 Å². The van der Waals surface area contributed by atoms with Crippen LogP contribution in [-0.4, -0.2) is 44.5 Å². The highest BCUT2D eigenvalue weighted by Gasteiger charge is 2.08. The Kier molecular flexibility index (Phi) is 6.72. The molecule has 0 atom stereocenters. The molecule has 2 N–H and O–H groups in total. The number of anilines is 1. The quantitative estimate of drug-likeness (QED) is 0.742. The van der Waals surface area contributed by atoms with E-state index in [4.69, 9.17) is 11.6 Å². The number of benzene rings is 1. The molecule has 0 spiro atoms. The summed E-state index contributed by atoms with van der Waals surface area (Å²) in [6, 6.07) is 7.23. The molecule has 0 aliphatic heterocycles. The highest BCUT2D eigenvalue weighted by molar-refractivity contribution is 6.33. The second-order valence-electron chi connectivity index (χ2n) is 4.22. The van der Waals surface area contributed by atoms with Crippen molar-refractivity contribution in [2.45, 2.75) is 6.42 Å². The third-order valence-corrected chi connectivity index (χ3v) is 2.86. The zero-order valence-corrected chi connectivity index (χ0v) is 11.6. The topological polar surface area (TPSA) is 44.4 Å². The van der Waals surface area contributed by atoms with Crippen LogP contribution in [0, 0.1) is 0 Å². The van der Waals surface area contributed by atoms with E-state index in [1.54, 1.807) is 12.1 Å². The van der Waals surface area contributed by atoms with Crippen molar-refractivity contribution in [3.63, 3.8) is 0 Å². The minimum absolute atomic E-state index is 0.0462. The van der Waals surface area contributed by atoms with Gasteiger partial charge in [0.1, 0.15) is 0 Å². The van der Waals surface area contributed by atoms with Crippen molar-refractivity contribution in [3.05, 3.63) is 29.3 Å². The molecule has 1 amide bonds. The Labute approximate surface area is 113 Å². The summed E-state index contributed by atoms with van der Waals surface area (Å²) in [7, 11) is 3.85. The second kappa shape index (κ2) is 8.08. The minimum atomic E-state index is -0.0462. The molecule has 0 aliphatic carbocycles.